The molecule has 0 spiro atoms. The summed E-state index contributed by atoms with van der Waals surface area (Å²) in [7, 11) is 0. The van der Waals surface area contributed by atoms with E-state index in [-0.39, 0.29) is 11.4 Å². The Bertz CT molecular complexity index is 642. The molecule has 4 nitrogen and oxygen atoms in total. The molecule has 2 aromatic rings. The fourth-order valence-electron chi connectivity index (χ4n) is 1.72. The van der Waals surface area contributed by atoms with Crippen molar-refractivity contribution in [2.45, 2.75) is 13.5 Å². The average Bonchev–Trinajstić information content (AvgIpc) is 2.38. The number of aryl methyl sites for hydroxylation is 1. The molecule has 0 fully saturated rings. The molecule has 2 rings (SSSR count). The zero-order valence-electron chi connectivity index (χ0n) is 10.4. The summed E-state index contributed by atoms with van der Waals surface area (Å²) in [4.78, 5) is 16.0. The van der Waals surface area contributed by atoms with Crippen LogP contribution in [0.2, 0.25) is 0 Å². The van der Waals surface area contributed by atoms with Crippen LogP contribution in [0.3, 0.4) is 0 Å². The molecule has 1 heterocycles. The van der Waals surface area contributed by atoms with Crippen molar-refractivity contribution in [1.29, 1.82) is 0 Å². The smallest absolute Gasteiger partial charge is 0.267 e. The van der Waals surface area contributed by atoms with Gasteiger partial charge in [-0.1, -0.05) is 6.07 Å². The summed E-state index contributed by atoms with van der Waals surface area (Å²) >= 11 is 3.16. The van der Waals surface area contributed by atoms with E-state index in [1.165, 1.54) is 18.3 Å². The topological polar surface area (TPSA) is 46.9 Å². The minimum absolute atomic E-state index is 0.117. The summed E-state index contributed by atoms with van der Waals surface area (Å²) in [6, 6.07) is 6.21. The summed E-state index contributed by atoms with van der Waals surface area (Å²) in [5, 5.41) is 3.07. The minimum atomic E-state index is -0.289. The van der Waals surface area contributed by atoms with E-state index in [4.69, 9.17) is 0 Å². The summed E-state index contributed by atoms with van der Waals surface area (Å²) in [5.41, 5.74) is 0.571. The monoisotopic (exact) mass is 325 g/mol. The first kappa shape index (κ1) is 13.7. The number of benzene rings is 1. The molecule has 1 N–H and O–H groups in total. The van der Waals surface area contributed by atoms with Gasteiger partial charge in [-0.05, 0) is 41.1 Å². The number of nitrogens with one attached hydrogen (secondary N) is 1. The van der Waals surface area contributed by atoms with Crippen LogP contribution in [-0.2, 0) is 6.54 Å². The lowest BCUT2D eigenvalue weighted by Gasteiger charge is -2.11. The molecule has 0 saturated carbocycles. The average molecular weight is 326 g/mol. The zero-order chi connectivity index (χ0) is 13.8. The molecule has 0 aliphatic carbocycles. The fraction of sp³-hybridized carbons (Fsp3) is 0.231. The highest BCUT2D eigenvalue weighted by molar-refractivity contribution is 9.10. The molecule has 0 radical (unpaired) electrons. The first-order valence-electron chi connectivity index (χ1n) is 5.79. The predicted molar refractivity (Wildman–Crippen MR) is 75.8 cm³/mol. The molecule has 0 bridgehead atoms. The second-order valence-corrected chi connectivity index (χ2v) is 4.90. The lowest BCUT2D eigenvalue weighted by atomic mass is 10.3. The van der Waals surface area contributed by atoms with Crippen molar-refractivity contribution in [2.24, 2.45) is 0 Å². The number of aromatic nitrogens is 2. The van der Waals surface area contributed by atoms with Gasteiger partial charge in [-0.15, -0.1) is 0 Å². The van der Waals surface area contributed by atoms with Crippen molar-refractivity contribution in [3.8, 4) is 0 Å². The maximum absolute atomic E-state index is 13.0. The Morgan fingerprint density at radius 3 is 3.00 bits per heavy atom. The number of rotatable bonds is 4. The van der Waals surface area contributed by atoms with E-state index in [0.717, 1.165) is 0 Å². The van der Waals surface area contributed by atoms with Gasteiger partial charge >= 0.3 is 0 Å². The highest BCUT2D eigenvalue weighted by atomic mass is 79.9. The van der Waals surface area contributed by atoms with Crippen molar-refractivity contribution in [2.75, 3.05) is 11.9 Å². The van der Waals surface area contributed by atoms with E-state index in [0.29, 0.717) is 29.1 Å². The standard InChI is InChI=1S/C13H13BrFN3O/c1-9-17-8-12(14)13(19)18(9)6-5-16-11-4-2-3-10(15)7-11/h2-4,7-8,16H,5-6H2,1H3. The molecule has 0 atom stereocenters. The van der Waals surface area contributed by atoms with E-state index in [9.17, 15) is 9.18 Å². The van der Waals surface area contributed by atoms with E-state index in [1.54, 1.807) is 23.6 Å². The van der Waals surface area contributed by atoms with E-state index in [2.05, 4.69) is 26.2 Å². The van der Waals surface area contributed by atoms with Crippen LogP contribution < -0.4 is 10.9 Å². The Morgan fingerprint density at radius 2 is 2.26 bits per heavy atom. The maximum Gasteiger partial charge on any atom is 0.267 e. The zero-order valence-corrected chi connectivity index (χ0v) is 11.9. The van der Waals surface area contributed by atoms with Gasteiger partial charge in [-0.25, -0.2) is 9.37 Å². The van der Waals surface area contributed by atoms with Gasteiger partial charge in [-0.3, -0.25) is 9.36 Å². The maximum atomic E-state index is 13.0. The van der Waals surface area contributed by atoms with Crippen molar-refractivity contribution < 1.29 is 4.39 Å². The van der Waals surface area contributed by atoms with Crippen LogP contribution in [0.1, 0.15) is 5.82 Å². The third-order valence-electron chi connectivity index (χ3n) is 2.69. The number of halogens is 2. The molecule has 0 aliphatic rings. The van der Waals surface area contributed by atoms with Gasteiger partial charge in [0.1, 0.15) is 16.1 Å². The molecular formula is C13H13BrFN3O. The summed E-state index contributed by atoms with van der Waals surface area (Å²) < 4.78 is 15.0. The quantitative estimate of drug-likeness (QED) is 0.939. The second-order valence-electron chi connectivity index (χ2n) is 4.05. The Kier molecular flexibility index (Phi) is 4.31. The van der Waals surface area contributed by atoms with Crippen LogP contribution in [0, 0.1) is 12.7 Å². The predicted octanol–water partition coefficient (Wildman–Crippen LogP) is 2.57. The molecule has 0 unspecified atom stereocenters. The minimum Gasteiger partial charge on any atom is -0.383 e. The van der Waals surface area contributed by atoms with Gasteiger partial charge in [0.05, 0.1) is 0 Å². The number of nitrogens with zero attached hydrogens (tertiary/aromatic N) is 2. The van der Waals surface area contributed by atoms with Crippen molar-refractivity contribution in [3.63, 3.8) is 0 Å². The molecule has 0 amide bonds. The Labute approximate surface area is 118 Å². The molecule has 6 heteroatoms. The van der Waals surface area contributed by atoms with Crippen molar-refractivity contribution >= 4 is 21.6 Å². The van der Waals surface area contributed by atoms with E-state index >= 15 is 0 Å². The highest BCUT2D eigenvalue weighted by Crippen LogP contribution is 2.08. The van der Waals surface area contributed by atoms with Gasteiger partial charge in [0.25, 0.3) is 5.56 Å². The van der Waals surface area contributed by atoms with Gasteiger partial charge in [0.2, 0.25) is 0 Å². The Morgan fingerprint density at radius 1 is 1.47 bits per heavy atom. The van der Waals surface area contributed by atoms with Crippen LogP contribution in [0.5, 0.6) is 0 Å². The molecule has 1 aromatic carbocycles. The van der Waals surface area contributed by atoms with Gasteiger partial charge in [0.15, 0.2) is 0 Å². The Hall–Kier alpha value is -1.69. The largest absolute Gasteiger partial charge is 0.383 e. The van der Waals surface area contributed by atoms with Crippen LogP contribution in [0.15, 0.2) is 39.7 Å². The Balaban J connectivity index is 2.04. The third-order valence-corrected chi connectivity index (χ3v) is 3.24. The lowest BCUT2D eigenvalue weighted by Crippen LogP contribution is -2.27. The normalized spacial score (nSPS) is 10.5. The molecule has 19 heavy (non-hydrogen) atoms. The summed E-state index contributed by atoms with van der Waals surface area (Å²) in [6.07, 6.45) is 1.49. The number of hydrogen-bond acceptors (Lipinski definition) is 3. The van der Waals surface area contributed by atoms with Crippen molar-refractivity contribution in [1.82, 2.24) is 9.55 Å². The molecule has 0 aliphatic heterocycles. The third kappa shape index (κ3) is 3.41. The van der Waals surface area contributed by atoms with Gasteiger partial charge in [-0.2, -0.15) is 0 Å². The molecule has 1 aromatic heterocycles. The van der Waals surface area contributed by atoms with Crippen LogP contribution in [0.25, 0.3) is 0 Å². The number of hydrogen-bond donors (Lipinski definition) is 1. The number of anilines is 1. The highest BCUT2D eigenvalue weighted by Gasteiger charge is 2.04. The first-order chi connectivity index (χ1) is 9.08. The van der Waals surface area contributed by atoms with Gasteiger partial charge < -0.3 is 5.32 Å². The van der Waals surface area contributed by atoms with E-state index < -0.39 is 0 Å². The van der Waals surface area contributed by atoms with Crippen molar-refractivity contribution in [3.05, 3.63) is 56.9 Å². The SMILES string of the molecule is Cc1ncc(Br)c(=O)n1CCNc1cccc(F)c1. The summed E-state index contributed by atoms with van der Waals surface area (Å²) in [5.74, 6) is 0.358. The molecule has 100 valence electrons. The van der Waals surface area contributed by atoms with Gasteiger partial charge in [0, 0.05) is 25.0 Å². The fourth-order valence-corrected chi connectivity index (χ4v) is 2.04. The molecule has 0 saturated heterocycles. The van der Waals surface area contributed by atoms with Crippen LogP contribution >= 0.6 is 15.9 Å². The van der Waals surface area contributed by atoms with Crippen LogP contribution in [0.4, 0.5) is 10.1 Å². The first-order valence-corrected chi connectivity index (χ1v) is 6.58. The molecular weight excluding hydrogens is 313 g/mol. The van der Waals surface area contributed by atoms with Crippen LogP contribution in [-0.4, -0.2) is 16.1 Å². The lowest BCUT2D eigenvalue weighted by molar-refractivity contribution is 0.626. The summed E-state index contributed by atoms with van der Waals surface area (Å²) in [6.45, 7) is 2.76. The second kappa shape index (κ2) is 5.97. The van der Waals surface area contributed by atoms with E-state index in [1.807, 2.05) is 0 Å².